The maximum Gasteiger partial charge on any atom is 0.226 e. The van der Waals surface area contributed by atoms with Crippen LogP contribution in [0.15, 0.2) is 36.8 Å². The number of aromatic nitrogens is 4. The molecule has 19 heavy (non-hydrogen) atoms. The summed E-state index contributed by atoms with van der Waals surface area (Å²) in [5.41, 5.74) is 1.91. The molecule has 0 amide bonds. The van der Waals surface area contributed by atoms with Crippen LogP contribution < -0.4 is 4.90 Å². The molecule has 0 atom stereocenters. The first kappa shape index (κ1) is 11.9. The number of hydrogen-bond acceptors (Lipinski definition) is 4. The van der Waals surface area contributed by atoms with Crippen LogP contribution in [0.3, 0.4) is 0 Å². The molecule has 0 radical (unpaired) electrons. The Morgan fingerprint density at radius 2 is 2.00 bits per heavy atom. The number of anilines is 1. The molecule has 1 N–H and O–H groups in total. The third-order valence-corrected chi connectivity index (χ3v) is 3.07. The Bertz CT molecular complexity index is 695. The highest BCUT2D eigenvalue weighted by molar-refractivity contribution is 6.28. The van der Waals surface area contributed by atoms with Gasteiger partial charge < -0.3 is 9.88 Å². The van der Waals surface area contributed by atoms with E-state index in [1.807, 2.05) is 36.3 Å². The summed E-state index contributed by atoms with van der Waals surface area (Å²) in [6, 6.07) is 5.91. The second kappa shape index (κ2) is 4.85. The first-order chi connectivity index (χ1) is 9.24. The van der Waals surface area contributed by atoms with Crippen molar-refractivity contribution in [1.82, 2.24) is 19.9 Å². The number of halogens is 1. The first-order valence-electron chi connectivity index (χ1n) is 5.85. The summed E-state index contributed by atoms with van der Waals surface area (Å²) in [4.78, 5) is 17.6. The minimum Gasteiger partial charge on any atom is -0.355 e. The van der Waals surface area contributed by atoms with Crippen LogP contribution in [-0.4, -0.2) is 27.0 Å². The zero-order valence-electron chi connectivity index (χ0n) is 10.3. The first-order valence-corrected chi connectivity index (χ1v) is 6.22. The highest BCUT2D eigenvalue weighted by Gasteiger charge is 2.11. The molecule has 96 valence electrons. The van der Waals surface area contributed by atoms with Crippen LogP contribution in [0.2, 0.25) is 5.28 Å². The van der Waals surface area contributed by atoms with Gasteiger partial charge in [0, 0.05) is 32.2 Å². The Balaban J connectivity index is 1.97. The number of pyridine rings is 1. The lowest BCUT2D eigenvalue weighted by Gasteiger charge is -2.19. The number of H-pyrrole nitrogens is 1. The number of nitrogens with one attached hydrogen (secondary N) is 1. The van der Waals surface area contributed by atoms with E-state index in [4.69, 9.17) is 11.6 Å². The van der Waals surface area contributed by atoms with E-state index in [9.17, 15) is 0 Å². The van der Waals surface area contributed by atoms with Gasteiger partial charge in [-0.05, 0) is 35.4 Å². The average Bonchev–Trinajstić information content (AvgIpc) is 2.86. The van der Waals surface area contributed by atoms with Gasteiger partial charge in [0.15, 0.2) is 0 Å². The lowest BCUT2D eigenvalue weighted by atomic mass is 10.2. The Kier molecular flexibility index (Phi) is 3.05. The second-order valence-corrected chi connectivity index (χ2v) is 4.61. The van der Waals surface area contributed by atoms with E-state index in [2.05, 4.69) is 19.9 Å². The predicted octanol–water partition coefficient (Wildman–Crippen LogP) is 2.64. The third kappa shape index (κ3) is 2.37. The molecule has 3 rings (SSSR count). The van der Waals surface area contributed by atoms with Crippen LogP contribution in [0.5, 0.6) is 0 Å². The van der Waals surface area contributed by atoms with Gasteiger partial charge in [0.2, 0.25) is 5.28 Å². The van der Waals surface area contributed by atoms with Crippen molar-refractivity contribution in [2.24, 2.45) is 0 Å². The standard InChI is InChI=1S/C13H12ClN5/c1-19(8-9-2-5-15-6-3-9)12-10-4-7-16-11(10)17-13(14)18-12/h2-7H,8H2,1H3,(H,16,17,18). The number of hydrogen-bond donors (Lipinski definition) is 1. The molecule has 0 spiro atoms. The summed E-state index contributed by atoms with van der Waals surface area (Å²) in [5, 5.41) is 1.20. The van der Waals surface area contributed by atoms with Gasteiger partial charge in [0.25, 0.3) is 0 Å². The maximum absolute atomic E-state index is 5.95. The summed E-state index contributed by atoms with van der Waals surface area (Å²) in [5.74, 6) is 0.813. The average molecular weight is 274 g/mol. The molecule has 0 saturated heterocycles. The molecule has 3 aromatic heterocycles. The number of fused-ring (bicyclic) bond motifs is 1. The quantitative estimate of drug-likeness (QED) is 0.746. The van der Waals surface area contributed by atoms with Gasteiger partial charge in [-0.3, -0.25) is 4.98 Å². The largest absolute Gasteiger partial charge is 0.355 e. The number of nitrogens with zero attached hydrogens (tertiary/aromatic N) is 4. The zero-order valence-corrected chi connectivity index (χ0v) is 11.1. The van der Waals surface area contributed by atoms with Gasteiger partial charge in [-0.2, -0.15) is 9.97 Å². The van der Waals surface area contributed by atoms with E-state index in [0.717, 1.165) is 29.0 Å². The Morgan fingerprint density at radius 1 is 1.21 bits per heavy atom. The smallest absolute Gasteiger partial charge is 0.226 e. The summed E-state index contributed by atoms with van der Waals surface area (Å²) >= 11 is 5.95. The van der Waals surface area contributed by atoms with Crippen LogP contribution in [0.4, 0.5) is 5.82 Å². The van der Waals surface area contributed by atoms with Gasteiger partial charge in [0.05, 0.1) is 5.39 Å². The minimum atomic E-state index is 0.242. The molecule has 0 aromatic carbocycles. The molecule has 0 fully saturated rings. The van der Waals surface area contributed by atoms with E-state index in [0.29, 0.717) is 0 Å². The molecule has 3 aromatic rings. The molecule has 5 nitrogen and oxygen atoms in total. The lowest BCUT2D eigenvalue weighted by molar-refractivity contribution is 0.897. The summed E-state index contributed by atoms with van der Waals surface area (Å²) < 4.78 is 0. The fraction of sp³-hybridized carbons (Fsp3) is 0.154. The van der Waals surface area contributed by atoms with Crippen LogP contribution in [0, 0.1) is 0 Å². The van der Waals surface area contributed by atoms with Gasteiger partial charge in [-0.15, -0.1) is 0 Å². The SMILES string of the molecule is CN(Cc1ccncc1)c1nc(Cl)nc2[nH]ccc12. The molecule has 0 unspecified atom stereocenters. The van der Waals surface area contributed by atoms with Crippen molar-refractivity contribution in [2.45, 2.75) is 6.54 Å². The molecule has 0 saturated carbocycles. The summed E-state index contributed by atoms with van der Waals surface area (Å²) in [6.07, 6.45) is 5.39. The van der Waals surface area contributed by atoms with Crippen molar-refractivity contribution in [2.75, 3.05) is 11.9 Å². The minimum absolute atomic E-state index is 0.242. The molecular formula is C13H12ClN5. The lowest BCUT2D eigenvalue weighted by Crippen LogP contribution is -2.18. The normalized spacial score (nSPS) is 10.8. The van der Waals surface area contributed by atoms with Gasteiger partial charge in [-0.1, -0.05) is 0 Å². The van der Waals surface area contributed by atoms with E-state index in [1.54, 1.807) is 12.4 Å². The van der Waals surface area contributed by atoms with E-state index < -0.39 is 0 Å². The predicted molar refractivity (Wildman–Crippen MR) is 75.2 cm³/mol. The Morgan fingerprint density at radius 3 is 2.79 bits per heavy atom. The Hall–Kier alpha value is -2.14. The topological polar surface area (TPSA) is 57.7 Å². The van der Waals surface area contributed by atoms with Crippen molar-refractivity contribution in [1.29, 1.82) is 0 Å². The van der Waals surface area contributed by atoms with E-state index in [1.165, 1.54) is 0 Å². The summed E-state index contributed by atoms with van der Waals surface area (Å²) in [6.45, 7) is 0.732. The highest BCUT2D eigenvalue weighted by atomic mass is 35.5. The number of aromatic amines is 1. The second-order valence-electron chi connectivity index (χ2n) is 4.27. The Labute approximate surface area is 115 Å². The molecule has 0 aliphatic heterocycles. The third-order valence-electron chi connectivity index (χ3n) is 2.90. The van der Waals surface area contributed by atoms with Crippen molar-refractivity contribution in [3.63, 3.8) is 0 Å². The molecule has 6 heteroatoms. The molecule has 0 aliphatic carbocycles. The number of rotatable bonds is 3. The molecule has 3 heterocycles. The van der Waals surface area contributed by atoms with Gasteiger partial charge >= 0.3 is 0 Å². The monoisotopic (exact) mass is 273 g/mol. The maximum atomic E-state index is 5.95. The van der Waals surface area contributed by atoms with Crippen LogP contribution in [-0.2, 0) is 6.54 Å². The van der Waals surface area contributed by atoms with Gasteiger partial charge in [-0.25, -0.2) is 0 Å². The fourth-order valence-corrected chi connectivity index (χ4v) is 2.19. The zero-order chi connectivity index (χ0) is 13.2. The summed E-state index contributed by atoms with van der Waals surface area (Å²) in [7, 11) is 1.98. The van der Waals surface area contributed by atoms with Crippen molar-refractivity contribution in [3.8, 4) is 0 Å². The van der Waals surface area contributed by atoms with Crippen LogP contribution in [0.25, 0.3) is 11.0 Å². The molecule has 0 bridgehead atoms. The molecular weight excluding hydrogens is 262 g/mol. The van der Waals surface area contributed by atoms with E-state index >= 15 is 0 Å². The van der Waals surface area contributed by atoms with Crippen molar-refractivity contribution < 1.29 is 0 Å². The van der Waals surface area contributed by atoms with Gasteiger partial charge in [0.1, 0.15) is 11.5 Å². The highest BCUT2D eigenvalue weighted by Crippen LogP contribution is 2.24. The van der Waals surface area contributed by atoms with Crippen molar-refractivity contribution in [3.05, 3.63) is 47.6 Å². The fourth-order valence-electron chi connectivity index (χ4n) is 2.03. The van der Waals surface area contributed by atoms with E-state index in [-0.39, 0.29) is 5.28 Å². The van der Waals surface area contributed by atoms with Crippen molar-refractivity contribution >= 4 is 28.5 Å². The molecule has 0 aliphatic rings. The van der Waals surface area contributed by atoms with Crippen LogP contribution in [0.1, 0.15) is 5.56 Å². The van der Waals surface area contributed by atoms with Crippen LogP contribution >= 0.6 is 11.6 Å².